The van der Waals surface area contributed by atoms with Gasteiger partial charge in [-0.05, 0) is 11.5 Å². The number of benzene rings is 1. The highest BCUT2D eigenvalue weighted by atomic mass is 15.0. The maximum atomic E-state index is 4.43. The molecule has 0 spiro atoms. The third-order valence-corrected chi connectivity index (χ3v) is 2.68. The summed E-state index contributed by atoms with van der Waals surface area (Å²) in [5, 5.41) is 2.34. The number of pyridine rings is 1. The summed E-state index contributed by atoms with van der Waals surface area (Å²) in [6, 6.07) is 10.3. The summed E-state index contributed by atoms with van der Waals surface area (Å²) in [4.78, 5) is 8.72. The third kappa shape index (κ3) is 1.37. The van der Waals surface area contributed by atoms with E-state index in [1.165, 1.54) is 5.39 Å². The van der Waals surface area contributed by atoms with Crippen molar-refractivity contribution in [3.63, 3.8) is 0 Å². The first-order valence-corrected chi connectivity index (χ1v) is 5.17. The Morgan fingerprint density at radius 2 is 1.88 bits per heavy atom. The van der Waals surface area contributed by atoms with Crippen molar-refractivity contribution in [3.8, 4) is 11.5 Å². The third-order valence-electron chi connectivity index (χ3n) is 2.68. The Labute approximate surface area is 93.4 Å². The van der Waals surface area contributed by atoms with E-state index in [0.717, 1.165) is 16.9 Å². The number of fused-ring (bicyclic) bond motifs is 1. The van der Waals surface area contributed by atoms with E-state index in [9.17, 15) is 0 Å². The standard InChI is InChI=1S/C13H11N3/c1-16-7-6-14-13(16)12-8-10-4-2-3-5-11(10)9-15-12/h2-9H,1H3. The molecular weight excluding hydrogens is 198 g/mol. The lowest BCUT2D eigenvalue weighted by molar-refractivity contribution is 0.918. The SMILES string of the molecule is Cn1ccnc1-c1cc2ccccc2cn1. The minimum atomic E-state index is 0.894. The molecule has 2 aromatic heterocycles. The van der Waals surface area contributed by atoms with Crippen LogP contribution in [0.1, 0.15) is 0 Å². The van der Waals surface area contributed by atoms with Gasteiger partial charge in [0.15, 0.2) is 5.82 Å². The van der Waals surface area contributed by atoms with Crippen LogP contribution in [-0.4, -0.2) is 14.5 Å². The van der Waals surface area contributed by atoms with Gasteiger partial charge in [0.05, 0.1) is 0 Å². The topological polar surface area (TPSA) is 30.7 Å². The summed E-state index contributed by atoms with van der Waals surface area (Å²) >= 11 is 0. The Bertz CT molecular complexity index is 640. The van der Waals surface area contributed by atoms with Gasteiger partial charge in [-0.25, -0.2) is 4.98 Å². The zero-order valence-corrected chi connectivity index (χ0v) is 8.96. The molecule has 0 aliphatic heterocycles. The van der Waals surface area contributed by atoms with Crippen molar-refractivity contribution >= 4 is 10.8 Å². The Hall–Kier alpha value is -2.16. The molecule has 1 aromatic carbocycles. The maximum absolute atomic E-state index is 4.43. The van der Waals surface area contributed by atoms with Crippen molar-refractivity contribution in [2.45, 2.75) is 0 Å². The predicted molar refractivity (Wildman–Crippen MR) is 63.9 cm³/mol. The molecule has 0 saturated carbocycles. The zero-order valence-electron chi connectivity index (χ0n) is 8.96. The van der Waals surface area contributed by atoms with Crippen LogP contribution in [0.15, 0.2) is 48.9 Å². The molecule has 0 bridgehead atoms. The van der Waals surface area contributed by atoms with Gasteiger partial charge in [-0.15, -0.1) is 0 Å². The summed E-state index contributed by atoms with van der Waals surface area (Å²) in [5.41, 5.74) is 0.909. The molecule has 0 unspecified atom stereocenters. The molecule has 0 atom stereocenters. The number of aryl methyl sites for hydroxylation is 1. The fourth-order valence-corrected chi connectivity index (χ4v) is 1.82. The van der Waals surface area contributed by atoms with Crippen LogP contribution in [0.4, 0.5) is 0 Å². The maximum Gasteiger partial charge on any atom is 0.158 e. The van der Waals surface area contributed by atoms with E-state index in [2.05, 4.69) is 28.2 Å². The summed E-state index contributed by atoms with van der Waals surface area (Å²) in [6.07, 6.45) is 5.59. The number of rotatable bonds is 1. The Morgan fingerprint density at radius 3 is 2.62 bits per heavy atom. The molecule has 16 heavy (non-hydrogen) atoms. The number of hydrogen-bond acceptors (Lipinski definition) is 2. The van der Waals surface area contributed by atoms with E-state index in [-0.39, 0.29) is 0 Å². The fourth-order valence-electron chi connectivity index (χ4n) is 1.82. The first-order chi connectivity index (χ1) is 7.84. The van der Waals surface area contributed by atoms with Crippen LogP contribution in [0, 0.1) is 0 Å². The van der Waals surface area contributed by atoms with E-state index in [0.29, 0.717) is 0 Å². The minimum Gasteiger partial charge on any atom is -0.333 e. The molecule has 3 rings (SSSR count). The first kappa shape index (κ1) is 9.09. The molecule has 0 saturated heterocycles. The Kier molecular flexibility index (Phi) is 1.96. The Morgan fingerprint density at radius 1 is 1.06 bits per heavy atom. The van der Waals surface area contributed by atoms with E-state index in [1.807, 2.05) is 36.1 Å². The summed E-state index contributed by atoms with van der Waals surface area (Å²) in [7, 11) is 1.97. The number of aromatic nitrogens is 3. The van der Waals surface area contributed by atoms with Gasteiger partial charge < -0.3 is 4.57 Å². The first-order valence-electron chi connectivity index (χ1n) is 5.17. The highest BCUT2D eigenvalue weighted by Crippen LogP contribution is 2.19. The van der Waals surface area contributed by atoms with Crippen LogP contribution in [-0.2, 0) is 7.05 Å². The second kappa shape index (κ2) is 3.45. The molecule has 2 heterocycles. The Balaban J connectivity index is 2.23. The van der Waals surface area contributed by atoms with Gasteiger partial charge in [-0.2, -0.15) is 0 Å². The number of nitrogens with zero attached hydrogens (tertiary/aromatic N) is 3. The van der Waals surface area contributed by atoms with Gasteiger partial charge in [0, 0.05) is 31.0 Å². The van der Waals surface area contributed by atoms with E-state index in [4.69, 9.17) is 0 Å². The van der Waals surface area contributed by atoms with Crippen LogP contribution >= 0.6 is 0 Å². The van der Waals surface area contributed by atoms with Crippen LogP contribution in [0.3, 0.4) is 0 Å². The van der Waals surface area contributed by atoms with Gasteiger partial charge in [0.25, 0.3) is 0 Å². The number of hydrogen-bond donors (Lipinski definition) is 0. The molecule has 0 N–H and O–H groups in total. The molecule has 0 aliphatic carbocycles. The highest BCUT2D eigenvalue weighted by molar-refractivity contribution is 5.84. The smallest absolute Gasteiger partial charge is 0.158 e. The average molecular weight is 209 g/mol. The van der Waals surface area contributed by atoms with Gasteiger partial charge in [-0.3, -0.25) is 4.98 Å². The lowest BCUT2D eigenvalue weighted by Crippen LogP contribution is -1.93. The average Bonchev–Trinajstić information content (AvgIpc) is 2.75. The highest BCUT2D eigenvalue weighted by Gasteiger charge is 2.04. The van der Waals surface area contributed by atoms with Gasteiger partial charge in [0.1, 0.15) is 5.69 Å². The monoisotopic (exact) mass is 209 g/mol. The minimum absolute atomic E-state index is 0.894. The van der Waals surface area contributed by atoms with Gasteiger partial charge in [0.2, 0.25) is 0 Å². The van der Waals surface area contributed by atoms with Crippen molar-refractivity contribution in [2.24, 2.45) is 7.05 Å². The van der Waals surface area contributed by atoms with Crippen LogP contribution in [0.2, 0.25) is 0 Å². The normalized spacial score (nSPS) is 10.8. The summed E-state index contributed by atoms with van der Waals surface area (Å²) < 4.78 is 1.97. The second-order valence-corrected chi connectivity index (χ2v) is 3.78. The van der Waals surface area contributed by atoms with Crippen LogP contribution in [0.5, 0.6) is 0 Å². The van der Waals surface area contributed by atoms with E-state index in [1.54, 1.807) is 6.20 Å². The molecule has 0 aliphatic rings. The van der Waals surface area contributed by atoms with Crippen molar-refractivity contribution in [3.05, 3.63) is 48.9 Å². The lowest BCUT2D eigenvalue weighted by Gasteiger charge is -2.02. The summed E-state index contributed by atoms with van der Waals surface area (Å²) in [6.45, 7) is 0. The zero-order chi connectivity index (χ0) is 11.0. The number of imidazole rings is 1. The van der Waals surface area contributed by atoms with Crippen molar-refractivity contribution in [1.82, 2.24) is 14.5 Å². The molecular formula is C13H11N3. The fraction of sp³-hybridized carbons (Fsp3) is 0.0769. The largest absolute Gasteiger partial charge is 0.333 e. The van der Waals surface area contributed by atoms with E-state index >= 15 is 0 Å². The van der Waals surface area contributed by atoms with Crippen LogP contribution < -0.4 is 0 Å². The lowest BCUT2D eigenvalue weighted by atomic mass is 10.1. The molecule has 0 amide bonds. The molecule has 0 radical (unpaired) electrons. The van der Waals surface area contributed by atoms with Gasteiger partial charge >= 0.3 is 0 Å². The molecule has 78 valence electrons. The van der Waals surface area contributed by atoms with Crippen molar-refractivity contribution in [1.29, 1.82) is 0 Å². The van der Waals surface area contributed by atoms with Crippen molar-refractivity contribution in [2.75, 3.05) is 0 Å². The molecule has 3 nitrogen and oxygen atoms in total. The van der Waals surface area contributed by atoms with Crippen LogP contribution in [0.25, 0.3) is 22.3 Å². The van der Waals surface area contributed by atoms with Gasteiger partial charge in [-0.1, -0.05) is 24.3 Å². The molecule has 0 fully saturated rings. The van der Waals surface area contributed by atoms with E-state index < -0.39 is 0 Å². The second-order valence-electron chi connectivity index (χ2n) is 3.78. The quantitative estimate of drug-likeness (QED) is 0.616. The van der Waals surface area contributed by atoms with Crippen molar-refractivity contribution < 1.29 is 0 Å². The molecule has 3 aromatic rings. The predicted octanol–water partition coefficient (Wildman–Crippen LogP) is 2.64. The molecule has 3 heteroatoms. The summed E-state index contributed by atoms with van der Waals surface area (Å²) in [5.74, 6) is 0.894.